The molecular weight excluding hydrogens is 308 g/mol. The van der Waals surface area contributed by atoms with Crippen molar-refractivity contribution in [3.8, 4) is 6.07 Å². The largest absolute Gasteiger partial charge is 0.379 e. The fourth-order valence-corrected chi connectivity index (χ4v) is 3.06. The molecule has 2 aromatic rings. The van der Waals surface area contributed by atoms with Gasteiger partial charge in [-0.1, -0.05) is 0 Å². The zero-order valence-electron chi connectivity index (χ0n) is 13.1. The molecule has 0 radical (unpaired) electrons. The number of likely N-dealkylation sites (tertiary alicyclic amines) is 1. The molecule has 0 aromatic carbocycles. The van der Waals surface area contributed by atoms with E-state index < -0.39 is 5.91 Å². The van der Waals surface area contributed by atoms with E-state index in [0.29, 0.717) is 30.0 Å². The number of carbonyl (C=O) groups is 2. The highest BCUT2D eigenvalue weighted by atomic mass is 16.2. The molecule has 0 unspecified atom stereocenters. The zero-order valence-corrected chi connectivity index (χ0v) is 13.1. The first-order valence-electron chi connectivity index (χ1n) is 7.77. The van der Waals surface area contributed by atoms with Gasteiger partial charge in [0.15, 0.2) is 0 Å². The number of nitrogens with one attached hydrogen (secondary N) is 2. The van der Waals surface area contributed by atoms with Gasteiger partial charge in [0.1, 0.15) is 12.1 Å². The quantitative estimate of drug-likeness (QED) is 0.771. The number of aromatic nitrogens is 2. The molecule has 3 rings (SSSR count). The van der Waals surface area contributed by atoms with E-state index in [0.717, 1.165) is 18.2 Å². The van der Waals surface area contributed by atoms with E-state index in [9.17, 15) is 9.59 Å². The van der Waals surface area contributed by atoms with Gasteiger partial charge in [-0.15, -0.1) is 0 Å². The van der Waals surface area contributed by atoms with E-state index in [-0.39, 0.29) is 18.4 Å². The summed E-state index contributed by atoms with van der Waals surface area (Å²) in [6, 6.07) is 3.71. The molecule has 0 saturated carbocycles. The summed E-state index contributed by atoms with van der Waals surface area (Å²) in [6.07, 6.45) is 4.78. The van der Waals surface area contributed by atoms with Crippen molar-refractivity contribution in [2.45, 2.75) is 25.3 Å². The van der Waals surface area contributed by atoms with Gasteiger partial charge in [0.2, 0.25) is 5.91 Å². The first-order valence-corrected chi connectivity index (χ1v) is 7.77. The summed E-state index contributed by atoms with van der Waals surface area (Å²) in [5, 5.41) is 12.8. The minimum Gasteiger partial charge on any atom is -0.379 e. The maximum atomic E-state index is 11.9. The van der Waals surface area contributed by atoms with Crippen molar-refractivity contribution >= 4 is 28.5 Å². The third-order valence-corrected chi connectivity index (χ3v) is 4.20. The van der Waals surface area contributed by atoms with Gasteiger partial charge in [0.25, 0.3) is 5.91 Å². The lowest BCUT2D eigenvalue weighted by Gasteiger charge is -2.33. The normalized spacial score (nSPS) is 17.5. The Morgan fingerprint density at radius 1 is 1.54 bits per heavy atom. The lowest BCUT2D eigenvalue weighted by atomic mass is 10.0. The fourth-order valence-electron chi connectivity index (χ4n) is 3.06. The molecule has 2 aromatic heterocycles. The number of hydrogen-bond donors (Lipinski definition) is 3. The molecule has 0 bridgehead atoms. The van der Waals surface area contributed by atoms with Crippen LogP contribution >= 0.6 is 0 Å². The number of nitrogens with two attached hydrogens (primary N) is 1. The molecule has 1 fully saturated rings. The van der Waals surface area contributed by atoms with Crippen LogP contribution in [0.3, 0.4) is 0 Å². The number of nitrogens with zero attached hydrogens (tertiary/aromatic N) is 3. The Bertz CT molecular complexity index is 822. The number of fused-ring (bicyclic) bond motifs is 1. The number of rotatable bonds is 4. The molecule has 1 aliphatic heterocycles. The molecule has 4 N–H and O–H groups in total. The van der Waals surface area contributed by atoms with Crippen molar-refractivity contribution in [2.75, 3.05) is 18.4 Å². The summed E-state index contributed by atoms with van der Waals surface area (Å²) in [6.45, 7) is 1.14. The Balaban J connectivity index is 1.85. The van der Waals surface area contributed by atoms with E-state index in [1.54, 1.807) is 11.1 Å². The van der Waals surface area contributed by atoms with Crippen LogP contribution in [-0.2, 0) is 4.79 Å². The van der Waals surface area contributed by atoms with Gasteiger partial charge in [-0.05, 0) is 18.9 Å². The summed E-state index contributed by atoms with van der Waals surface area (Å²) in [7, 11) is 0. The highest BCUT2D eigenvalue weighted by Crippen LogP contribution is 2.27. The third-order valence-electron chi connectivity index (χ3n) is 4.20. The number of primary amides is 1. The number of H-pyrrole nitrogens is 1. The minimum absolute atomic E-state index is 0.0139. The van der Waals surface area contributed by atoms with Crippen LogP contribution in [0.25, 0.3) is 11.0 Å². The molecule has 1 aliphatic rings. The standard InChI is InChI=1S/C16H18N6O2/c17-5-3-13(23)22-7-1-2-10(9-22)21-14-11-4-6-19-16(11)20-8-12(14)15(18)24/h4,6,8,10H,1-3,7,9H2,(H2,18,24)(H2,19,20,21)/t10-/m1/s1. The Labute approximate surface area is 138 Å². The highest BCUT2D eigenvalue weighted by molar-refractivity contribution is 6.06. The predicted molar refractivity (Wildman–Crippen MR) is 88.1 cm³/mol. The van der Waals surface area contributed by atoms with Crippen molar-refractivity contribution < 1.29 is 9.59 Å². The van der Waals surface area contributed by atoms with Gasteiger partial charge < -0.3 is 20.9 Å². The third kappa shape index (κ3) is 3.01. The Morgan fingerprint density at radius 2 is 2.38 bits per heavy atom. The van der Waals surface area contributed by atoms with Crippen molar-refractivity contribution in [1.82, 2.24) is 14.9 Å². The number of piperidine rings is 1. The molecule has 0 aliphatic carbocycles. The second-order valence-corrected chi connectivity index (χ2v) is 5.81. The summed E-state index contributed by atoms with van der Waals surface area (Å²) in [5.74, 6) is -0.720. The minimum atomic E-state index is -0.554. The van der Waals surface area contributed by atoms with Crippen molar-refractivity contribution in [1.29, 1.82) is 5.26 Å². The molecule has 8 nitrogen and oxygen atoms in total. The predicted octanol–water partition coefficient (Wildman–Crippen LogP) is 0.978. The first-order chi connectivity index (χ1) is 11.6. The second-order valence-electron chi connectivity index (χ2n) is 5.81. The van der Waals surface area contributed by atoms with Crippen LogP contribution in [0.15, 0.2) is 18.5 Å². The molecule has 1 atom stereocenters. The topological polar surface area (TPSA) is 128 Å². The number of carbonyl (C=O) groups excluding carboxylic acids is 2. The smallest absolute Gasteiger partial charge is 0.252 e. The summed E-state index contributed by atoms with van der Waals surface area (Å²) >= 11 is 0. The monoisotopic (exact) mass is 326 g/mol. The second kappa shape index (κ2) is 6.58. The van der Waals surface area contributed by atoms with E-state index in [4.69, 9.17) is 11.0 Å². The number of anilines is 1. The van der Waals surface area contributed by atoms with Crippen molar-refractivity contribution in [3.05, 3.63) is 24.0 Å². The van der Waals surface area contributed by atoms with Crippen LogP contribution in [-0.4, -0.2) is 45.8 Å². The molecule has 24 heavy (non-hydrogen) atoms. The van der Waals surface area contributed by atoms with E-state index in [1.807, 2.05) is 12.1 Å². The number of pyridine rings is 1. The lowest BCUT2D eigenvalue weighted by Crippen LogP contribution is -2.45. The van der Waals surface area contributed by atoms with Crippen LogP contribution in [0.2, 0.25) is 0 Å². The van der Waals surface area contributed by atoms with Gasteiger partial charge in [-0.25, -0.2) is 4.98 Å². The van der Waals surface area contributed by atoms with Gasteiger partial charge in [-0.3, -0.25) is 9.59 Å². The van der Waals surface area contributed by atoms with E-state index in [1.165, 1.54) is 6.20 Å². The maximum absolute atomic E-state index is 11.9. The van der Waals surface area contributed by atoms with Gasteiger partial charge in [0, 0.05) is 36.9 Å². The zero-order chi connectivity index (χ0) is 17.1. The molecular formula is C16H18N6O2. The number of nitriles is 1. The first kappa shape index (κ1) is 15.8. The number of hydrogen-bond acceptors (Lipinski definition) is 5. The molecule has 8 heteroatoms. The average molecular weight is 326 g/mol. The summed E-state index contributed by atoms with van der Waals surface area (Å²) < 4.78 is 0. The van der Waals surface area contributed by atoms with E-state index in [2.05, 4.69) is 15.3 Å². The SMILES string of the molecule is N#CCC(=O)N1CCC[C@@H](Nc2c(C(N)=O)cnc3[nH]ccc23)C1. The molecule has 1 saturated heterocycles. The van der Waals surface area contributed by atoms with Gasteiger partial charge >= 0.3 is 0 Å². The average Bonchev–Trinajstić information content (AvgIpc) is 3.04. The Kier molecular flexibility index (Phi) is 4.33. The molecule has 3 heterocycles. The maximum Gasteiger partial charge on any atom is 0.252 e. The molecule has 124 valence electrons. The molecule has 0 spiro atoms. The Hall–Kier alpha value is -3.08. The Morgan fingerprint density at radius 3 is 3.12 bits per heavy atom. The fraction of sp³-hybridized carbons (Fsp3) is 0.375. The lowest BCUT2D eigenvalue weighted by molar-refractivity contribution is -0.131. The van der Waals surface area contributed by atoms with Gasteiger partial charge in [-0.2, -0.15) is 5.26 Å². The summed E-state index contributed by atoms with van der Waals surface area (Å²) in [4.78, 5) is 32.5. The molecule has 2 amide bonds. The van der Waals surface area contributed by atoms with Crippen LogP contribution in [0, 0.1) is 11.3 Å². The van der Waals surface area contributed by atoms with Crippen molar-refractivity contribution in [3.63, 3.8) is 0 Å². The summed E-state index contributed by atoms with van der Waals surface area (Å²) in [5.41, 5.74) is 7.08. The number of aromatic amines is 1. The van der Waals surface area contributed by atoms with E-state index >= 15 is 0 Å². The van der Waals surface area contributed by atoms with Gasteiger partial charge in [0.05, 0.1) is 17.3 Å². The van der Waals surface area contributed by atoms with Crippen LogP contribution in [0.5, 0.6) is 0 Å². The van der Waals surface area contributed by atoms with Crippen molar-refractivity contribution in [2.24, 2.45) is 5.73 Å². The van der Waals surface area contributed by atoms with Crippen LogP contribution < -0.4 is 11.1 Å². The van der Waals surface area contributed by atoms with Crippen LogP contribution in [0.4, 0.5) is 5.69 Å². The highest BCUT2D eigenvalue weighted by Gasteiger charge is 2.25. The number of amides is 2. The van der Waals surface area contributed by atoms with Crippen LogP contribution in [0.1, 0.15) is 29.6 Å².